The van der Waals surface area contributed by atoms with E-state index < -0.39 is 0 Å². The molecule has 2 aromatic carbocycles. The minimum absolute atomic E-state index is 0.312. The van der Waals surface area contributed by atoms with Crippen LogP contribution in [0.1, 0.15) is 39.7 Å². The van der Waals surface area contributed by atoms with Crippen LogP contribution in [0.4, 0.5) is 0 Å². The minimum atomic E-state index is -0.312. The molecule has 0 aliphatic carbocycles. The Labute approximate surface area is 181 Å². The molecule has 0 saturated heterocycles. The highest BCUT2D eigenvalue weighted by atomic mass is 16.3. The highest BCUT2D eigenvalue weighted by molar-refractivity contribution is 5.96. The molecule has 4 aromatic rings. The number of benzene rings is 2. The first kappa shape index (κ1) is 20.3. The number of furan rings is 1. The quantitative estimate of drug-likeness (QED) is 0.349. The number of nitrogens with one attached hydrogen (secondary N) is 1. The fourth-order valence-corrected chi connectivity index (χ4v) is 3.35. The Balaban J connectivity index is 1.60. The normalized spacial score (nSPS) is 11.2. The molecule has 0 radical (unpaired) electrons. The van der Waals surface area contributed by atoms with E-state index in [2.05, 4.69) is 53.8 Å². The summed E-state index contributed by atoms with van der Waals surface area (Å²) in [6.45, 7) is 4.52. The summed E-state index contributed by atoms with van der Waals surface area (Å²) in [6, 6.07) is 20.1. The van der Waals surface area contributed by atoms with Gasteiger partial charge in [-0.15, -0.1) is 0 Å². The predicted octanol–water partition coefficient (Wildman–Crippen LogP) is 4.83. The molecule has 4 rings (SSSR count). The second-order valence-electron chi connectivity index (χ2n) is 7.26. The number of hydrazone groups is 1. The van der Waals surface area contributed by atoms with E-state index >= 15 is 0 Å². The highest BCUT2D eigenvalue weighted by Crippen LogP contribution is 2.22. The molecular formula is C25H24N4O2. The number of aryl methyl sites for hydroxylation is 2. The van der Waals surface area contributed by atoms with Gasteiger partial charge < -0.3 is 4.42 Å². The average molecular weight is 412 g/mol. The minimum Gasteiger partial charge on any atom is -0.469 e. The lowest BCUT2D eigenvalue weighted by atomic mass is 10.1. The topological polar surface area (TPSA) is 72.4 Å². The van der Waals surface area contributed by atoms with Gasteiger partial charge in [0.15, 0.2) is 0 Å². The maximum absolute atomic E-state index is 12.3. The third-order valence-electron chi connectivity index (χ3n) is 5.09. The Morgan fingerprint density at radius 3 is 2.55 bits per heavy atom. The zero-order valence-corrected chi connectivity index (χ0v) is 17.6. The summed E-state index contributed by atoms with van der Waals surface area (Å²) in [4.78, 5) is 12.3. The van der Waals surface area contributed by atoms with E-state index in [1.165, 1.54) is 11.8 Å². The van der Waals surface area contributed by atoms with Gasteiger partial charge in [-0.05, 0) is 30.5 Å². The smallest absolute Gasteiger partial charge is 0.274 e. The van der Waals surface area contributed by atoms with Crippen molar-refractivity contribution >= 4 is 12.1 Å². The zero-order valence-electron chi connectivity index (χ0n) is 17.6. The van der Waals surface area contributed by atoms with Crippen molar-refractivity contribution in [3.05, 3.63) is 101 Å². The van der Waals surface area contributed by atoms with Crippen molar-refractivity contribution in [2.24, 2.45) is 5.10 Å². The number of carbonyl (C=O) groups excluding carboxylic acids is 1. The van der Waals surface area contributed by atoms with E-state index in [9.17, 15) is 4.79 Å². The van der Waals surface area contributed by atoms with Gasteiger partial charge in [0.05, 0.1) is 24.6 Å². The summed E-state index contributed by atoms with van der Waals surface area (Å²) in [5.41, 5.74) is 8.10. The van der Waals surface area contributed by atoms with Gasteiger partial charge in [-0.2, -0.15) is 10.2 Å². The van der Waals surface area contributed by atoms with Crippen molar-refractivity contribution in [3.63, 3.8) is 0 Å². The summed E-state index contributed by atoms with van der Waals surface area (Å²) < 4.78 is 7.07. The second-order valence-corrected chi connectivity index (χ2v) is 7.26. The summed E-state index contributed by atoms with van der Waals surface area (Å²) in [6.07, 6.45) is 6.04. The van der Waals surface area contributed by atoms with Gasteiger partial charge in [-0.3, -0.25) is 9.48 Å². The van der Waals surface area contributed by atoms with Crippen LogP contribution >= 0.6 is 0 Å². The number of rotatable bonds is 7. The van der Waals surface area contributed by atoms with E-state index in [0.29, 0.717) is 17.9 Å². The second kappa shape index (κ2) is 9.26. The molecule has 0 aliphatic rings. The number of nitrogens with zero attached hydrogens (tertiary/aromatic N) is 3. The van der Waals surface area contributed by atoms with E-state index in [1.807, 2.05) is 29.1 Å². The molecule has 2 aromatic heterocycles. The van der Waals surface area contributed by atoms with Crippen LogP contribution in [0.15, 0.2) is 82.6 Å². The molecule has 1 N–H and O–H groups in total. The van der Waals surface area contributed by atoms with Crippen molar-refractivity contribution in [2.75, 3.05) is 0 Å². The van der Waals surface area contributed by atoms with Crippen LogP contribution in [-0.2, 0) is 13.0 Å². The van der Waals surface area contributed by atoms with Gasteiger partial charge in [0, 0.05) is 17.3 Å². The van der Waals surface area contributed by atoms with E-state index in [4.69, 9.17) is 9.52 Å². The van der Waals surface area contributed by atoms with Gasteiger partial charge in [-0.1, -0.05) is 61.5 Å². The van der Waals surface area contributed by atoms with Crippen molar-refractivity contribution < 1.29 is 9.21 Å². The Morgan fingerprint density at radius 2 is 1.87 bits per heavy atom. The van der Waals surface area contributed by atoms with E-state index in [-0.39, 0.29) is 5.91 Å². The summed E-state index contributed by atoms with van der Waals surface area (Å²) in [7, 11) is 0. The lowest BCUT2D eigenvalue weighted by Crippen LogP contribution is -2.17. The maximum Gasteiger partial charge on any atom is 0.274 e. The number of amides is 1. The van der Waals surface area contributed by atoms with Crippen LogP contribution in [0.5, 0.6) is 0 Å². The Morgan fingerprint density at radius 1 is 1.10 bits per heavy atom. The average Bonchev–Trinajstić information content (AvgIpc) is 3.40. The Kier molecular flexibility index (Phi) is 6.08. The lowest BCUT2D eigenvalue weighted by molar-refractivity contribution is 0.0953. The molecule has 0 spiro atoms. The maximum atomic E-state index is 12.3. The Bertz CT molecular complexity index is 1190. The molecule has 0 bridgehead atoms. The number of hydrogen-bond acceptors (Lipinski definition) is 4. The molecule has 6 nitrogen and oxygen atoms in total. The first-order chi connectivity index (χ1) is 15.1. The van der Waals surface area contributed by atoms with Gasteiger partial charge in [0.25, 0.3) is 5.91 Å². The third-order valence-corrected chi connectivity index (χ3v) is 5.09. The van der Waals surface area contributed by atoms with Gasteiger partial charge in [0.1, 0.15) is 11.5 Å². The first-order valence-electron chi connectivity index (χ1n) is 10.2. The molecule has 0 unspecified atom stereocenters. The van der Waals surface area contributed by atoms with Crippen LogP contribution in [-0.4, -0.2) is 21.9 Å². The van der Waals surface area contributed by atoms with Gasteiger partial charge >= 0.3 is 0 Å². The standard InChI is InChI=1S/C25H24N4O2/c1-3-19-9-11-21(12-10-19)24-22(15-26-27-25(30)23-13-14-31-18(23)2)17-29(28-24)16-20-7-5-4-6-8-20/h4-15,17H,3,16H2,1-2H3,(H,27,30)/b26-15-. The molecule has 0 saturated carbocycles. The molecule has 0 atom stereocenters. The molecule has 6 heteroatoms. The van der Waals surface area contributed by atoms with Gasteiger partial charge in [-0.25, -0.2) is 5.43 Å². The highest BCUT2D eigenvalue weighted by Gasteiger charge is 2.12. The van der Waals surface area contributed by atoms with E-state index in [1.54, 1.807) is 19.2 Å². The molecule has 156 valence electrons. The third kappa shape index (κ3) is 4.80. The fraction of sp³-hybridized carbons (Fsp3) is 0.160. The lowest BCUT2D eigenvalue weighted by Gasteiger charge is -2.02. The SMILES string of the molecule is CCc1ccc(-c2nn(Cc3ccccc3)cc2/C=N\NC(=O)c2ccoc2C)cc1. The summed E-state index contributed by atoms with van der Waals surface area (Å²) in [5.74, 6) is 0.244. The Hall–Kier alpha value is -3.93. The van der Waals surface area contributed by atoms with Gasteiger partial charge in [0.2, 0.25) is 0 Å². The van der Waals surface area contributed by atoms with E-state index in [0.717, 1.165) is 28.8 Å². The van der Waals surface area contributed by atoms with Crippen LogP contribution in [0.25, 0.3) is 11.3 Å². The van der Waals surface area contributed by atoms with Crippen LogP contribution < -0.4 is 5.43 Å². The molecule has 0 aliphatic heterocycles. The number of hydrogen-bond donors (Lipinski definition) is 1. The molecule has 31 heavy (non-hydrogen) atoms. The van der Waals surface area contributed by atoms with Crippen molar-refractivity contribution in [3.8, 4) is 11.3 Å². The summed E-state index contributed by atoms with van der Waals surface area (Å²) in [5, 5.41) is 8.95. The van der Waals surface area contributed by atoms with Crippen LogP contribution in [0.3, 0.4) is 0 Å². The predicted molar refractivity (Wildman–Crippen MR) is 121 cm³/mol. The van der Waals surface area contributed by atoms with Crippen LogP contribution in [0.2, 0.25) is 0 Å². The largest absolute Gasteiger partial charge is 0.469 e. The number of carbonyl (C=O) groups is 1. The number of aromatic nitrogens is 2. The van der Waals surface area contributed by atoms with Crippen molar-refractivity contribution in [1.29, 1.82) is 0 Å². The van der Waals surface area contributed by atoms with Crippen molar-refractivity contribution in [2.45, 2.75) is 26.8 Å². The molecular weight excluding hydrogens is 388 g/mol. The molecule has 0 fully saturated rings. The molecule has 2 heterocycles. The monoisotopic (exact) mass is 412 g/mol. The summed E-state index contributed by atoms with van der Waals surface area (Å²) >= 11 is 0. The first-order valence-corrected chi connectivity index (χ1v) is 10.2. The fourth-order valence-electron chi connectivity index (χ4n) is 3.35. The van der Waals surface area contributed by atoms with Crippen molar-refractivity contribution in [1.82, 2.24) is 15.2 Å². The van der Waals surface area contributed by atoms with Crippen LogP contribution in [0, 0.1) is 6.92 Å². The molecule has 1 amide bonds. The zero-order chi connectivity index (χ0) is 21.6.